The van der Waals surface area contributed by atoms with E-state index in [0.29, 0.717) is 5.41 Å². The van der Waals surface area contributed by atoms with E-state index in [9.17, 15) is 0 Å². The summed E-state index contributed by atoms with van der Waals surface area (Å²) in [4.78, 5) is 2.60. The second-order valence-corrected chi connectivity index (χ2v) is 6.39. The van der Waals surface area contributed by atoms with Crippen molar-refractivity contribution in [3.63, 3.8) is 0 Å². The fourth-order valence-corrected chi connectivity index (χ4v) is 4.27. The number of rotatable bonds is 2. The number of hydrogen-bond acceptors (Lipinski definition) is 2. The largest absolute Gasteiger partial charge is 0.298 e. The fraction of sp³-hybridized carbons (Fsp3) is 0.571. The molecule has 0 unspecified atom stereocenters. The number of nitrogens with zero attached hydrogens (tertiary/aromatic N) is 1. The van der Waals surface area contributed by atoms with Crippen molar-refractivity contribution in [1.29, 1.82) is 0 Å². The summed E-state index contributed by atoms with van der Waals surface area (Å²) < 4.78 is 0. The van der Waals surface area contributed by atoms with Gasteiger partial charge in [-0.3, -0.25) is 4.90 Å². The van der Waals surface area contributed by atoms with E-state index < -0.39 is 0 Å². The molecule has 2 aliphatic rings. The van der Waals surface area contributed by atoms with Crippen LogP contribution in [0.4, 0.5) is 0 Å². The van der Waals surface area contributed by atoms with E-state index in [1.165, 1.54) is 43.0 Å². The van der Waals surface area contributed by atoms with Crippen molar-refractivity contribution < 1.29 is 0 Å². The van der Waals surface area contributed by atoms with Crippen molar-refractivity contribution in [3.8, 4) is 0 Å². The molecule has 2 heterocycles. The van der Waals surface area contributed by atoms with Gasteiger partial charge in [-0.15, -0.1) is 0 Å². The van der Waals surface area contributed by atoms with Gasteiger partial charge in [0.15, 0.2) is 0 Å². The van der Waals surface area contributed by atoms with Gasteiger partial charge in [0.05, 0.1) is 0 Å². The SMILES string of the molecule is c1ccc(CN2CC3(CCCSC3)C2)cc1. The first-order valence-corrected chi connectivity index (χ1v) is 7.36. The van der Waals surface area contributed by atoms with Crippen molar-refractivity contribution in [2.75, 3.05) is 24.6 Å². The zero-order chi connectivity index (χ0) is 10.8. The Hall–Kier alpha value is -0.470. The minimum absolute atomic E-state index is 0.692. The third-order valence-corrected chi connectivity index (χ3v) is 5.16. The van der Waals surface area contributed by atoms with Crippen LogP contribution in [0.25, 0.3) is 0 Å². The smallest absolute Gasteiger partial charge is 0.0234 e. The van der Waals surface area contributed by atoms with Gasteiger partial charge in [-0.2, -0.15) is 11.8 Å². The summed E-state index contributed by atoms with van der Waals surface area (Å²) in [7, 11) is 0. The standard InChI is InChI=1S/C14H19NS/c1-2-5-13(6-3-1)9-15-10-14(11-15)7-4-8-16-12-14/h1-3,5-6H,4,7-12H2. The molecule has 86 valence electrons. The number of thioether (sulfide) groups is 1. The van der Waals surface area contributed by atoms with Crippen LogP contribution in [-0.2, 0) is 6.54 Å². The average molecular weight is 233 g/mol. The quantitative estimate of drug-likeness (QED) is 0.772. The molecular formula is C14H19NS. The van der Waals surface area contributed by atoms with Crippen LogP contribution in [0.1, 0.15) is 18.4 Å². The minimum Gasteiger partial charge on any atom is -0.298 e. The van der Waals surface area contributed by atoms with Crippen LogP contribution in [0.5, 0.6) is 0 Å². The Morgan fingerprint density at radius 2 is 2.00 bits per heavy atom. The first kappa shape index (κ1) is 10.7. The molecule has 1 aromatic rings. The molecule has 0 saturated carbocycles. The van der Waals surface area contributed by atoms with Gasteiger partial charge in [0.25, 0.3) is 0 Å². The lowest BCUT2D eigenvalue weighted by Gasteiger charge is -2.52. The van der Waals surface area contributed by atoms with Gasteiger partial charge in [-0.05, 0) is 24.2 Å². The molecule has 0 aliphatic carbocycles. The Balaban J connectivity index is 1.53. The molecule has 2 fully saturated rings. The molecule has 2 aliphatic heterocycles. The second-order valence-electron chi connectivity index (χ2n) is 5.29. The van der Waals surface area contributed by atoms with Gasteiger partial charge in [0.2, 0.25) is 0 Å². The van der Waals surface area contributed by atoms with Crippen LogP contribution in [-0.4, -0.2) is 29.5 Å². The minimum atomic E-state index is 0.692. The Kier molecular flexibility index (Phi) is 2.95. The number of hydrogen-bond donors (Lipinski definition) is 0. The lowest BCUT2D eigenvalue weighted by Crippen LogP contribution is -2.57. The third kappa shape index (κ3) is 2.14. The Morgan fingerprint density at radius 3 is 2.69 bits per heavy atom. The summed E-state index contributed by atoms with van der Waals surface area (Å²) in [6, 6.07) is 10.8. The molecule has 1 nitrogen and oxygen atoms in total. The Morgan fingerprint density at radius 1 is 1.19 bits per heavy atom. The van der Waals surface area contributed by atoms with Crippen molar-refractivity contribution >= 4 is 11.8 Å². The predicted octanol–water partition coefficient (Wildman–Crippen LogP) is 3.02. The van der Waals surface area contributed by atoms with Gasteiger partial charge in [-0.25, -0.2) is 0 Å². The van der Waals surface area contributed by atoms with E-state index in [2.05, 4.69) is 47.0 Å². The zero-order valence-electron chi connectivity index (χ0n) is 9.69. The van der Waals surface area contributed by atoms with E-state index in [4.69, 9.17) is 0 Å². The van der Waals surface area contributed by atoms with Crippen LogP contribution < -0.4 is 0 Å². The molecule has 1 aromatic carbocycles. The monoisotopic (exact) mass is 233 g/mol. The van der Waals surface area contributed by atoms with Gasteiger partial charge < -0.3 is 0 Å². The Labute approximate surface area is 102 Å². The maximum absolute atomic E-state index is 2.60. The summed E-state index contributed by atoms with van der Waals surface area (Å²) >= 11 is 2.16. The molecular weight excluding hydrogens is 214 g/mol. The summed E-state index contributed by atoms with van der Waals surface area (Å²) in [6.45, 7) is 3.80. The molecule has 0 radical (unpaired) electrons. The molecule has 1 spiro atoms. The van der Waals surface area contributed by atoms with Crippen molar-refractivity contribution in [3.05, 3.63) is 35.9 Å². The van der Waals surface area contributed by atoms with E-state index in [0.717, 1.165) is 6.54 Å². The van der Waals surface area contributed by atoms with Gasteiger partial charge in [0.1, 0.15) is 0 Å². The first-order chi connectivity index (χ1) is 7.86. The van der Waals surface area contributed by atoms with Crippen molar-refractivity contribution in [1.82, 2.24) is 4.90 Å². The van der Waals surface area contributed by atoms with Crippen LogP contribution in [0.3, 0.4) is 0 Å². The van der Waals surface area contributed by atoms with E-state index in [-0.39, 0.29) is 0 Å². The normalized spacial score (nSPS) is 24.2. The van der Waals surface area contributed by atoms with E-state index >= 15 is 0 Å². The van der Waals surface area contributed by atoms with Crippen molar-refractivity contribution in [2.24, 2.45) is 5.41 Å². The zero-order valence-corrected chi connectivity index (χ0v) is 10.5. The molecule has 0 atom stereocenters. The number of benzene rings is 1. The lowest BCUT2D eigenvalue weighted by molar-refractivity contribution is 0.00407. The predicted molar refractivity (Wildman–Crippen MR) is 70.7 cm³/mol. The number of likely N-dealkylation sites (tertiary alicyclic amines) is 1. The molecule has 0 bridgehead atoms. The topological polar surface area (TPSA) is 3.24 Å². The molecule has 2 saturated heterocycles. The van der Waals surface area contributed by atoms with Gasteiger partial charge in [0, 0.05) is 30.8 Å². The highest BCUT2D eigenvalue weighted by Crippen LogP contribution is 2.42. The average Bonchev–Trinajstić information content (AvgIpc) is 2.30. The van der Waals surface area contributed by atoms with Crippen LogP contribution in [0.15, 0.2) is 30.3 Å². The summed E-state index contributed by atoms with van der Waals surface area (Å²) in [5, 5.41) is 0. The highest BCUT2D eigenvalue weighted by Gasteiger charge is 2.43. The fourth-order valence-electron chi connectivity index (χ4n) is 3.02. The summed E-state index contributed by atoms with van der Waals surface area (Å²) in [6.07, 6.45) is 2.90. The first-order valence-electron chi connectivity index (χ1n) is 6.20. The van der Waals surface area contributed by atoms with Crippen molar-refractivity contribution in [2.45, 2.75) is 19.4 Å². The van der Waals surface area contributed by atoms with Crippen LogP contribution >= 0.6 is 11.8 Å². The highest BCUT2D eigenvalue weighted by atomic mass is 32.2. The summed E-state index contributed by atoms with van der Waals surface area (Å²) in [5.74, 6) is 2.79. The maximum Gasteiger partial charge on any atom is 0.0234 e. The van der Waals surface area contributed by atoms with E-state index in [1.54, 1.807) is 0 Å². The molecule has 0 aromatic heterocycles. The molecule has 3 rings (SSSR count). The van der Waals surface area contributed by atoms with Gasteiger partial charge in [-0.1, -0.05) is 30.3 Å². The molecule has 2 heteroatoms. The molecule has 0 N–H and O–H groups in total. The Bertz CT molecular complexity index is 335. The van der Waals surface area contributed by atoms with Gasteiger partial charge >= 0.3 is 0 Å². The highest BCUT2D eigenvalue weighted by molar-refractivity contribution is 7.99. The molecule has 0 amide bonds. The van der Waals surface area contributed by atoms with Crippen LogP contribution in [0, 0.1) is 5.41 Å². The third-order valence-electron chi connectivity index (χ3n) is 3.77. The van der Waals surface area contributed by atoms with Crippen LogP contribution in [0.2, 0.25) is 0 Å². The lowest BCUT2D eigenvalue weighted by atomic mass is 9.77. The molecule has 16 heavy (non-hydrogen) atoms. The summed E-state index contributed by atoms with van der Waals surface area (Å²) in [5.41, 5.74) is 2.15. The maximum atomic E-state index is 2.60. The van der Waals surface area contributed by atoms with E-state index in [1.807, 2.05) is 0 Å². The second kappa shape index (κ2) is 4.42.